The van der Waals surface area contributed by atoms with E-state index in [9.17, 15) is 0 Å². The normalized spacial score (nSPS) is 13.0. The van der Waals surface area contributed by atoms with E-state index in [-0.39, 0.29) is 12.0 Å². The Morgan fingerprint density at radius 2 is 1.62 bits per heavy atom. The van der Waals surface area contributed by atoms with E-state index in [1.54, 1.807) is 0 Å². The highest BCUT2D eigenvalue weighted by molar-refractivity contribution is 5.35. The van der Waals surface area contributed by atoms with E-state index in [1.807, 2.05) is 40.7 Å². The molecule has 0 aromatic heterocycles. The molecule has 1 N–H and O–H groups in total. The Morgan fingerprint density at radius 3 is 1.94 bits per heavy atom. The van der Waals surface area contributed by atoms with Crippen LogP contribution in [0, 0.1) is 5.41 Å². The maximum absolute atomic E-state index is 9.17. The van der Waals surface area contributed by atoms with Gasteiger partial charge in [0.15, 0.2) is 0 Å². The van der Waals surface area contributed by atoms with Gasteiger partial charge in [-0.05, 0) is 31.9 Å². The van der Waals surface area contributed by atoms with Gasteiger partial charge in [-0.2, -0.15) is 0 Å². The van der Waals surface area contributed by atoms with Gasteiger partial charge < -0.3 is 5.11 Å². The second-order valence-electron chi connectivity index (χ2n) is 4.37. The van der Waals surface area contributed by atoms with Crippen LogP contribution in [0.2, 0.25) is 0 Å². The highest BCUT2D eigenvalue weighted by Crippen LogP contribution is 2.26. The molecule has 0 heterocycles. The van der Waals surface area contributed by atoms with Gasteiger partial charge in [0, 0.05) is 5.41 Å². The fourth-order valence-electron chi connectivity index (χ4n) is 0.900. The third-order valence-electron chi connectivity index (χ3n) is 2.71. The van der Waals surface area contributed by atoms with Crippen LogP contribution in [0.15, 0.2) is 35.5 Å². The molecule has 0 aliphatic rings. The Hall–Kier alpha value is -0.820. The van der Waals surface area contributed by atoms with Gasteiger partial charge in [0.25, 0.3) is 0 Å². The largest absolute Gasteiger partial charge is 0.395 e. The molecule has 94 valence electrons. The molecule has 0 spiro atoms. The average molecular weight is 224 g/mol. The lowest BCUT2D eigenvalue weighted by atomic mass is 9.84. The number of allylic oxidation sites excluding steroid dienone is 4. The second kappa shape index (κ2) is 8.35. The number of aliphatic hydroxyl groups is 1. The van der Waals surface area contributed by atoms with E-state index in [2.05, 4.69) is 26.5 Å². The van der Waals surface area contributed by atoms with Gasteiger partial charge in [-0.25, -0.2) is 0 Å². The second-order valence-corrected chi connectivity index (χ2v) is 4.37. The fourth-order valence-corrected chi connectivity index (χ4v) is 0.900. The number of hydrogen-bond donors (Lipinski definition) is 1. The zero-order valence-corrected chi connectivity index (χ0v) is 12.0. The summed E-state index contributed by atoms with van der Waals surface area (Å²) in [6.45, 7) is 18.3. The van der Waals surface area contributed by atoms with Crippen molar-refractivity contribution in [3.63, 3.8) is 0 Å². The van der Waals surface area contributed by atoms with Gasteiger partial charge in [0.2, 0.25) is 0 Å². The third kappa shape index (κ3) is 5.92. The monoisotopic (exact) mass is 224 g/mol. The number of aliphatic hydroxyl groups excluding tert-OH is 1. The summed E-state index contributed by atoms with van der Waals surface area (Å²) in [6.07, 6.45) is 4.12. The van der Waals surface area contributed by atoms with E-state index >= 15 is 0 Å². The van der Waals surface area contributed by atoms with Gasteiger partial charge in [-0.3, -0.25) is 0 Å². The lowest BCUT2D eigenvalue weighted by Crippen LogP contribution is -2.18. The molecule has 0 aromatic rings. The highest BCUT2D eigenvalue weighted by atomic mass is 16.3. The lowest BCUT2D eigenvalue weighted by Gasteiger charge is -2.23. The Balaban J connectivity index is 0. The standard InChI is InChI=1S/C13H22O.C2H6/c1-7-10(2)11(3)8-12(4)13(5,6)9-14;1-2/h7-8,14H,4,9H2,1-3,5-6H3;1-2H3/b10-7-,11-8-;. The SMILES string of the molecule is C=C(/C=C(C)\C(C)=C/C)C(C)(C)CO.CC. The smallest absolute Gasteiger partial charge is 0.0522 e. The molecule has 0 atom stereocenters. The van der Waals surface area contributed by atoms with Gasteiger partial charge in [-0.1, -0.05) is 52.0 Å². The van der Waals surface area contributed by atoms with E-state index in [0.717, 1.165) is 5.57 Å². The van der Waals surface area contributed by atoms with Crippen molar-refractivity contribution in [3.8, 4) is 0 Å². The topological polar surface area (TPSA) is 20.2 Å². The zero-order valence-electron chi connectivity index (χ0n) is 12.0. The first-order chi connectivity index (χ1) is 7.35. The van der Waals surface area contributed by atoms with Crippen molar-refractivity contribution in [2.75, 3.05) is 6.61 Å². The van der Waals surface area contributed by atoms with E-state index in [0.29, 0.717) is 0 Å². The van der Waals surface area contributed by atoms with E-state index in [1.165, 1.54) is 11.1 Å². The van der Waals surface area contributed by atoms with Crippen molar-refractivity contribution in [3.05, 3.63) is 35.5 Å². The van der Waals surface area contributed by atoms with Crippen molar-refractivity contribution >= 4 is 0 Å². The average Bonchev–Trinajstić information content (AvgIpc) is 2.30. The van der Waals surface area contributed by atoms with Crippen molar-refractivity contribution in [2.24, 2.45) is 5.41 Å². The first-order valence-electron chi connectivity index (χ1n) is 5.97. The van der Waals surface area contributed by atoms with Crippen molar-refractivity contribution in [1.29, 1.82) is 0 Å². The van der Waals surface area contributed by atoms with Crippen LogP contribution in [-0.2, 0) is 0 Å². The van der Waals surface area contributed by atoms with Crippen LogP contribution in [0.1, 0.15) is 48.5 Å². The summed E-state index contributed by atoms with van der Waals surface area (Å²) in [5, 5.41) is 9.17. The lowest BCUT2D eigenvalue weighted by molar-refractivity contribution is 0.193. The van der Waals surface area contributed by atoms with E-state index < -0.39 is 0 Å². The Bertz CT molecular complexity index is 267. The Morgan fingerprint density at radius 1 is 1.19 bits per heavy atom. The van der Waals surface area contributed by atoms with Crippen LogP contribution < -0.4 is 0 Å². The Labute approximate surface area is 102 Å². The van der Waals surface area contributed by atoms with Gasteiger partial charge in [0.1, 0.15) is 0 Å². The number of hydrogen-bond acceptors (Lipinski definition) is 1. The minimum Gasteiger partial charge on any atom is -0.395 e. The number of rotatable bonds is 4. The molecule has 1 heteroatoms. The summed E-state index contributed by atoms with van der Waals surface area (Å²) >= 11 is 0. The quantitative estimate of drug-likeness (QED) is 0.697. The molecule has 0 saturated heterocycles. The summed E-state index contributed by atoms with van der Waals surface area (Å²) in [6, 6.07) is 0. The van der Waals surface area contributed by atoms with Crippen molar-refractivity contribution < 1.29 is 5.11 Å². The third-order valence-corrected chi connectivity index (χ3v) is 2.71. The zero-order chi connectivity index (χ0) is 13.4. The molecule has 0 aliphatic carbocycles. The molecule has 0 saturated carbocycles. The maximum Gasteiger partial charge on any atom is 0.0522 e. The summed E-state index contributed by atoms with van der Waals surface area (Å²) in [7, 11) is 0. The van der Waals surface area contributed by atoms with Crippen LogP contribution in [0.25, 0.3) is 0 Å². The first kappa shape index (κ1) is 17.6. The minimum absolute atomic E-state index is 0.129. The van der Waals surface area contributed by atoms with Crippen LogP contribution in [0.5, 0.6) is 0 Å². The fraction of sp³-hybridized carbons (Fsp3) is 0.600. The molecule has 16 heavy (non-hydrogen) atoms. The highest BCUT2D eigenvalue weighted by Gasteiger charge is 2.18. The molecule has 0 unspecified atom stereocenters. The van der Waals surface area contributed by atoms with Crippen LogP contribution in [-0.4, -0.2) is 11.7 Å². The van der Waals surface area contributed by atoms with Gasteiger partial charge in [-0.15, -0.1) is 0 Å². The molecule has 0 amide bonds. The molecule has 0 radical (unpaired) electrons. The molecular formula is C15H28O. The summed E-state index contributed by atoms with van der Waals surface area (Å²) in [5.41, 5.74) is 3.20. The Kier molecular flexibility index (Phi) is 9.17. The maximum atomic E-state index is 9.17. The van der Waals surface area contributed by atoms with Gasteiger partial charge in [0.05, 0.1) is 6.61 Å². The van der Waals surface area contributed by atoms with Crippen molar-refractivity contribution in [2.45, 2.75) is 48.5 Å². The van der Waals surface area contributed by atoms with E-state index in [4.69, 9.17) is 5.11 Å². The van der Waals surface area contributed by atoms with Crippen LogP contribution in [0.3, 0.4) is 0 Å². The molecule has 0 rings (SSSR count). The minimum atomic E-state index is -0.227. The first-order valence-corrected chi connectivity index (χ1v) is 5.97. The summed E-state index contributed by atoms with van der Waals surface area (Å²) < 4.78 is 0. The molecule has 0 aliphatic heterocycles. The molecule has 0 fully saturated rings. The van der Waals surface area contributed by atoms with Gasteiger partial charge >= 0.3 is 0 Å². The van der Waals surface area contributed by atoms with Crippen LogP contribution >= 0.6 is 0 Å². The molecular weight excluding hydrogens is 196 g/mol. The molecule has 0 bridgehead atoms. The predicted molar refractivity (Wildman–Crippen MR) is 74.5 cm³/mol. The van der Waals surface area contributed by atoms with Crippen molar-refractivity contribution in [1.82, 2.24) is 0 Å². The van der Waals surface area contributed by atoms with Crippen LogP contribution in [0.4, 0.5) is 0 Å². The predicted octanol–water partition coefficient (Wildman–Crippen LogP) is 4.50. The summed E-state index contributed by atoms with van der Waals surface area (Å²) in [4.78, 5) is 0. The molecule has 0 aromatic carbocycles. The molecule has 1 nitrogen and oxygen atoms in total. The summed E-state index contributed by atoms with van der Waals surface area (Å²) in [5.74, 6) is 0.